The molecular weight excluding hydrogens is 398 g/mol. The monoisotopic (exact) mass is 419 g/mol. The normalized spacial score (nSPS) is 10.9. The average Bonchev–Trinajstić information content (AvgIpc) is 3.34. The molecule has 0 unspecified atom stereocenters. The zero-order chi connectivity index (χ0) is 21.1. The highest BCUT2D eigenvalue weighted by Gasteiger charge is 2.19. The fraction of sp³-hybridized carbons (Fsp3) is 0.174. The number of halogens is 1. The zero-order valence-corrected chi connectivity index (χ0v) is 17.6. The van der Waals surface area contributed by atoms with E-state index in [1.165, 1.54) is 5.56 Å². The average molecular weight is 420 g/mol. The molecule has 0 radical (unpaired) electrons. The van der Waals surface area contributed by atoms with Crippen LogP contribution in [0.5, 0.6) is 0 Å². The van der Waals surface area contributed by atoms with Gasteiger partial charge >= 0.3 is 0 Å². The van der Waals surface area contributed by atoms with Crippen molar-refractivity contribution in [3.63, 3.8) is 0 Å². The van der Waals surface area contributed by atoms with Crippen molar-refractivity contribution in [2.75, 3.05) is 7.05 Å². The van der Waals surface area contributed by atoms with Crippen LogP contribution < -0.4 is 0 Å². The number of rotatable bonds is 6. The fourth-order valence-electron chi connectivity index (χ4n) is 3.38. The lowest BCUT2D eigenvalue weighted by Gasteiger charge is -2.16. The minimum Gasteiger partial charge on any atom is -0.337 e. The first-order valence-corrected chi connectivity index (χ1v) is 10.0. The minimum absolute atomic E-state index is 0.0865. The van der Waals surface area contributed by atoms with Crippen molar-refractivity contribution in [1.82, 2.24) is 24.5 Å². The Hall–Kier alpha value is -3.38. The second kappa shape index (κ2) is 8.55. The first-order valence-electron chi connectivity index (χ1n) is 9.62. The number of benzene rings is 2. The number of nitrogens with zero attached hydrogens (tertiary/aromatic N) is 5. The summed E-state index contributed by atoms with van der Waals surface area (Å²) in [7, 11) is 1.78. The van der Waals surface area contributed by atoms with Gasteiger partial charge in [-0.1, -0.05) is 48.0 Å². The highest BCUT2D eigenvalue weighted by atomic mass is 35.5. The van der Waals surface area contributed by atoms with Crippen LogP contribution >= 0.6 is 11.6 Å². The molecule has 6 nitrogen and oxygen atoms in total. The molecule has 30 heavy (non-hydrogen) atoms. The van der Waals surface area contributed by atoms with E-state index in [0.29, 0.717) is 23.7 Å². The van der Waals surface area contributed by atoms with Crippen molar-refractivity contribution in [3.8, 4) is 5.69 Å². The molecule has 2 aromatic carbocycles. The van der Waals surface area contributed by atoms with E-state index in [-0.39, 0.29) is 5.91 Å². The molecule has 4 aromatic rings. The number of carbonyl (C=O) groups excluding carboxylic acids is 1. The predicted octanol–water partition coefficient (Wildman–Crippen LogP) is 4.35. The number of hydrogen-bond donors (Lipinski definition) is 0. The van der Waals surface area contributed by atoms with Crippen LogP contribution in [0.3, 0.4) is 0 Å². The molecule has 0 fully saturated rings. The summed E-state index contributed by atoms with van der Waals surface area (Å²) in [6, 6.07) is 17.5. The van der Waals surface area contributed by atoms with E-state index < -0.39 is 0 Å². The molecule has 1 amide bonds. The maximum Gasteiger partial charge on any atom is 0.257 e. The molecule has 0 aliphatic rings. The van der Waals surface area contributed by atoms with Crippen LogP contribution in [-0.4, -0.2) is 37.4 Å². The van der Waals surface area contributed by atoms with Crippen molar-refractivity contribution >= 4 is 17.5 Å². The largest absolute Gasteiger partial charge is 0.337 e. The Bertz CT molecular complexity index is 1170. The highest BCUT2D eigenvalue weighted by Crippen LogP contribution is 2.19. The molecule has 0 bridgehead atoms. The maximum absolute atomic E-state index is 13.0. The Morgan fingerprint density at radius 2 is 1.83 bits per heavy atom. The van der Waals surface area contributed by atoms with Crippen molar-refractivity contribution in [2.24, 2.45) is 0 Å². The third-order valence-corrected chi connectivity index (χ3v) is 5.17. The van der Waals surface area contributed by atoms with Crippen molar-refractivity contribution in [2.45, 2.75) is 20.0 Å². The van der Waals surface area contributed by atoms with Crippen LogP contribution in [0.4, 0.5) is 0 Å². The summed E-state index contributed by atoms with van der Waals surface area (Å²) in [5, 5.41) is 9.42. The van der Waals surface area contributed by atoms with Gasteiger partial charge in [0.05, 0.1) is 35.9 Å². The first-order chi connectivity index (χ1) is 14.5. The van der Waals surface area contributed by atoms with Gasteiger partial charge in [0.25, 0.3) is 5.91 Å². The van der Waals surface area contributed by atoms with E-state index in [1.807, 2.05) is 60.3 Å². The summed E-state index contributed by atoms with van der Waals surface area (Å²) >= 11 is 6.09. The van der Waals surface area contributed by atoms with Crippen molar-refractivity contribution in [1.29, 1.82) is 0 Å². The lowest BCUT2D eigenvalue weighted by atomic mass is 10.2. The van der Waals surface area contributed by atoms with Gasteiger partial charge in [-0.3, -0.25) is 9.48 Å². The van der Waals surface area contributed by atoms with Crippen LogP contribution in [0.25, 0.3) is 5.69 Å². The van der Waals surface area contributed by atoms with Gasteiger partial charge in [0.15, 0.2) is 0 Å². The van der Waals surface area contributed by atoms with Crippen LogP contribution in [-0.2, 0) is 13.1 Å². The molecule has 0 spiro atoms. The fourth-order valence-corrected chi connectivity index (χ4v) is 3.57. The maximum atomic E-state index is 13.0. The number of carbonyl (C=O) groups is 1. The molecule has 2 heterocycles. The molecule has 0 aliphatic carbocycles. The summed E-state index contributed by atoms with van der Waals surface area (Å²) in [5.74, 6) is -0.0865. The second-order valence-electron chi connectivity index (χ2n) is 7.23. The van der Waals surface area contributed by atoms with Crippen molar-refractivity contribution in [3.05, 3.63) is 101 Å². The van der Waals surface area contributed by atoms with E-state index >= 15 is 0 Å². The smallest absolute Gasteiger partial charge is 0.257 e. The van der Waals surface area contributed by atoms with E-state index in [2.05, 4.69) is 22.3 Å². The van der Waals surface area contributed by atoms with Gasteiger partial charge in [0.2, 0.25) is 0 Å². The van der Waals surface area contributed by atoms with Crippen LogP contribution in [0.2, 0.25) is 5.02 Å². The lowest BCUT2D eigenvalue weighted by molar-refractivity contribution is 0.0784. The summed E-state index contributed by atoms with van der Waals surface area (Å²) in [4.78, 5) is 14.7. The molecule has 4 rings (SSSR count). The van der Waals surface area contributed by atoms with Gasteiger partial charge in [-0.25, -0.2) is 4.68 Å². The number of hydrogen-bond acceptors (Lipinski definition) is 3. The van der Waals surface area contributed by atoms with Crippen LogP contribution in [0.15, 0.2) is 73.2 Å². The van der Waals surface area contributed by atoms with Crippen molar-refractivity contribution < 1.29 is 4.79 Å². The summed E-state index contributed by atoms with van der Waals surface area (Å²) in [6.07, 6.45) is 5.38. The summed E-state index contributed by atoms with van der Waals surface area (Å²) < 4.78 is 3.61. The molecule has 2 aromatic heterocycles. The van der Waals surface area contributed by atoms with Crippen LogP contribution in [0.1, 0.15) is 27.2 Å². The van der Waals surface area contributed by atoms with Gasteiger partial charge in [-0.2, -0.15) is 10.2 Å². The zero-order valence-electron chi connectivity index (χ0n) is 16.9. The Morgan fingerprint density at radius 3 is 2.60 bits per heavy atom. The first kappa shape index (κ1) is 19.9. The molecular formula is C23H22ClN5O. The van der Waals surface area contributed by atoms with Gasteiger partial charge in [0.1, 0.15) is 0 Å². The molecule has 0 N–H and O–H groups in total. The van der Waals surface area contributed by atoms with E-state index in [4.69, 9.17) is 11.6 Å². The molecule has 0 saturated carbocycles. The van der Waals surface area contributed by atoms with E-state index in [9.17, 15) is 4.79 Å². The Labute approximate surface area is 180 Å². The van der Waals surface area contributed by atoms with Gasteiger partial charge in [0, 0.05) is 30.4 Å². The molecule has 0 aliphatic heterocycles. The van der Waals surface area contributed by atoms with E-state index in [1.54, 1.807) is 29.0 Å². The Balaban J connectivity index is 1.46. The van der Waals surface area contributed by atoms with Gasteiger partial charge in [-0.05, 0) is 30.7 Å². The third kappa shape index (κ3) is 4.28. The Morgan fingerprint density at radius 1 is 1.03 bits per heavy atom. The predicted molar refractivity (Wildman–Crippen MR) is 117 cm³/mol. The number of amides is 1. The second-order valence-corrected chi connectivity index (χ2v) is 7.66. The third-order valence-electron chi connectivity index (χ3n) is 4.93. The molecule has 0 atom stereocenters. The molecule has 152 valence electrons. The lowest BCUT2D eigenvalue weighted by Crippen LogP contribution is -2.26. The molecule has 0 saturated heterocycles. The van der Waals surface area contributed by atoms with Crippen LogP contribution in [0, 0.1) is 6.92 Å². The highest BCUT2D eigenvalue weighted by molar-refractivity contribution is 6.30. The Kier molecular flexibility index (Phi) is 5.68. The minimum atomic E-state index is -0.0865. The van der Waals surface area contributed by atoms with E-state index in [0.717, 1.165) is 16.9 Å². The standard InChI is InChI=1S/C23H22ClN5O/c1-17-22(13-26-29(17)21-10-6-9-20(24)11-21)23(30)27(2)14-19-12-25-28(16-19)15-18-7-4-3-5-8-18/h3-13,16H,14-15H2,1-2H3. The van der Waals surface area contributed by atoms with Gasteiger partial charge in [-0.15, -0.1) is 0 Å². The molecule has 7 heteroatoms. The summed E-state index contributed by atoms with van der Waals surface area (Å²) in [5.41, 5.74) is 4.31. The summed E-state index contributed by atoms with van der Waals surface area (Å²) in [6.45, 7) is 3.05. The number of aromatic nitrogens is 4. The topological polar surface area (TPSA) is 56.0 Å². The SMILES string of the molecule is Cc1c(C(=O)N(C)Cc2cnn(Cc3ccccc3)c2)cnn1-c1cccc(Cl)c1. The van der Waals surface area contributed by atoms with Gasteiger partial charge < -0.3 is 4.90 Å². The quantitative estimate of drug-likeness (QED) is 0.467.